The summed E-state index contributed by atoms with van der Waals surface area (Å²) in [5.74, 6) is 7.05. The van der Waals surface area contributed by atoms with Gasteiger partial charge in [0.15, 0.2) is 0 Å². The third kappa shape index (κ3) is 12.1. The lowest BCUT2D eigenvalue weighted by Gasteiger charge is -1.97. The summed E-state index contributed by atoms with van der Waals surface area (Å²) in [6.07, 6.45) is 13.5. The van der Waals surface area contributed by atoms with Crippen LogP contribution in [-0.4, -0.2) is 17.2 Å². The van der Waals surface area contributed by atoms with Gasteiger partial charge in [-0.3, -0.25) is 0 Å². The Balaban J connectivity index is 3.64. The van der Waals surface area contributed by atoms with Crippen molar-refractivity contribution in [3.05, 3.63) is 24.3 Å². The van der Waals surface area contributed by atoms with E-state index in [-0.39, 0.29) is 6.42 Å². The molecule has 1 N–H and O–H groups in total. The molecule has 0 aromatic carbocycles. The normalized spacial score (nSPS) is 12.0. The maximum atomic E-state index is 10.1. The van der Waals surface area contributed by atoms with Crippen LogP contribution in [0.1, 0.15) is 32.1 Å². The summed E-state index contributed by atoms with van der Waals surface area (Å²) in [6.45, 7) is 0. The van der Waals surface area contributed by atoms with E-state index in [1.54, 1.807) is 24.3 Å². The molecule has 96 valence electrons. The number of hydrogen-bond acceptors (Lipinski definition) is 3. The predicted molar refractivity (Wildman–Crippen MR) is 69.0 cm³/mol. The number of carboxylic acids is 1. The Hall–Kier alpha value is -1.97. The zero-order valence-electron chi connectivity index (χ0n) is 10.3. The molecule has 0 radical (unpaired) electrons. The van der Waals surface area contributed by atoms with Gasteiger partial charge in [-0.15, -0.1) is 12.3 Å². The van der Waals surface area contributed by atoms with Gasteiger partial charge in [0.25, 0.3) is 0 Å². The van der Waals surface area contributed by atoms with Crippen LogP contribution >= 0.6 is 0 Å². The Labute approximate surface area is 108 Å². The van der Waals surface area contributed by atoms with Crippen molar-refractivity contribution in [2.45, 2.75) is 38.2 Å². The van der Waals surface area contributed by atoms with Gasteiger partial charge in [0.05, 0.1) is 6.10 Å². The zero-order valence-corrected chi connectivity index (χ0v) is 10.3. The summed E-state index contributed by atoms with van der Waals surface area (Å²) >= 11 is 0. The van der Waals surface area contributed by atoms with Gasteiger partial charge in [-0.2, -0.15) is 0 Å². The summed E-state index contributed by atoms with van der Waals surface area (Å²) in [5.41, 5.74) is 0. The van der Waals surface area contributed by atoms with Gasteiger partial charge in [-0.25, -0.2) is 0 Å². The molecule has 1 atom stereocenters. The Bertz CT molecular complexity index is 388. The molecule has 3 heteroatoms. The van der Waals surface area contributed by atoms with E-state index in [1.807, 2.05) is 0 Å². The minimum atomic E-state index is -1.02. The van der Waals surface area contributed by atoms with Crippen LogP contribution in [0.4, 0.5) is 0 Å². The molecule has 0 rings (SSSR count). The number of carbonyl (C=O) groups excluding carboxylic acids is 1. The maximum absolute atomic E-state index is 10.1. The second kappa shape index (κ2) is 11.5. The van der Waals surface area contributed by atoms with E-state index in [2.05, 4.69) is 17.8 Å². The smallest absolute Gasteiger partial charge is 0.0833 e. The number of allylic oxidation sites excluding steroid dienone is 3. The molecule has 0 saturated heterocycles. The maximum Gasteiger partial charge on any atom is 0.0833 e. The minimum absolute atomic E-state index is 0.0906. The molecular weight excluding hydrogens is 228 g/mol. The fourth-order valence-corrected chi connectivity index (χ4v) is 1.10. The Morgan fingerprint density at radius 1 is 1.39 bits per heavy atom. The lowest BCUT2D eigenvalue weighted by molar-refractivity contribution is -0.305. The van der Waals surface area contributed by atoms with Crippen LogP contribution in [0.5, 0.6) is 0 Å². The molecule has 0 aromatic heterocycles. The largest absolute Gasteiger partial charge is 0.550 e. The monoisotopic (exact) mass is 245 g/mol. The predicted octanol–water partition coefficient (Wildman–Crippen LogP) is 0.797. The Kier molecular flexibility index (Phi) is 10.3. The number of terminal acetylenes is 1. The Morgan fingerprint density at radius 3 is 2.83 bits per heavy atom. The average Bonchev–Trinajstić information content (AvgIpc) is 2.31. The second-order valence-corrected chi connectivity index (χ2v) is 3.62. The molecule has 0 spiro atoms. The summed E-state index contributed by atoms with van der Waals surface area (Å²) in [4.78, 5) is 10.1. The first kappa shape index (κ1) is 16.0. The van der Waals surface area contributed by atoms with Crippen molar-refractivity contribution < 1.29 is 15.0 Å². The van der Waals surface area contributed by atoms with Crippen molar-refractivity contribution in [2.24, 2.45) is 0 Å². The summed E-state index contributed by atoms with van der Waals surface area (Å²) in [5, 5.41) is 19.4. The molecule has 0 fully saturated rings. The van der Waals surface area contributed by atoms with Gasteiger partial charge < -0.3 is 15.0 Å². The van der Waals surface area contributed by atoms with Crippen LogP contribution in [0.15, 0.2) is 24.3 Å². The number of unbranched alkanes of at least 4 members (excludes halogenated alkanes) is 2. The zero-order chi connectivity index (χ0) is 13.6. The number of rotatable bonds is 7. The van der Waals surface area contributed by atoms with E-state index in [0.29, 0.717) is 19.3 Å². The lowest BCUT2D eigenvalue weighted by Crippen LogP contribution is -2.21. The van der Waals surface area contributed by atoms with Gasteiger partial charge in [-0.05, 0) is 25.3 Å². The van der Waals surface area contributed by atoms with Crippen LogP contribution in [-0.2, 0) is 4.79 Å². The quantitative estimate of drug-likeness (QED) is 0.410. The SMILES string of the molecule is C#CC[C@@H](O)/C=C/C=C/C#CCCCCC(=O)[O-]. The lowest BCUT2D eigenvalue weighted by atomic mass is 10.2. The van der Waals surface area contributed by atoms with Crippen molar-refractivity contribution in [1.82, 2.24) is 0 Å². The Morgan fingerprint density at radius 2 is 2.17 bits per heavy atom. The highest BCUT2D eigenvalue weighted by molar-refractivity contribution is 5.64. The van der Waals surface area contributed by atoms with Crippen LogP contribution in [0.2, 0.25) is 0 Å². The van der Waals surface area contributed by atoms with E-state index < -0.39 is 12.1 Å². The average molecular weight is 245 g/mol. The number of hydrogen-bond donors (Lipinski definition) is 1. The highest BCUT2D eigenvalue weighted by atomic mass is 16.4. The van der Waals surface area contributed by atoms with E-state index in [4.69, 9.17) is 6.42 Å². The van der Waals surface area contributed by atoms with Crippen molar-refractivity contribution in [3.8, 4) is 24.2 Å². The molecular formula is C15H17O3-. The first-order valence-corrected chi connectivity index (χ1v) is 5.80. The molecule has 0 aliphatic heterocycles. The number of aliphatic carboxylic acids is 1. The van der Waals surface area contributed by atoms with Crippen LogP contribution < -0.4 is 5.11 Å². The molecule has 0 aliphatic rings. The third-order valence-corrected chi connectivity index (χ3v) is 1.99. The number of carbonyl (C=O) groups is 1. The van der Waals surface area contributed by atoms with Crippen molar-refractivity contribution in [1.29, 1.82) is 0 Å². The number of carboxylic acid groups (broad SMARTS) is 1. The van der Waals surface area contributed by atoms with Crippen molar-refractivity contribution >= 4 is 5.97 Å². The molecule has 0 aromatic rings. The molecule has 0 bridgehead atoms. The number of aliphatic hydroxyl groups is 1. The van der Waals surface area contributed by atoms with E-state index in [9.17, 15) is 15.0 Å². The standard InChI is InChI=1S/C15H18O3/c1-2-11-14(16)12-9-7-5-3-4-6-8-10-13-15(17)18/h1,5,7,9,12,14,16H,6,8,10-11,13H2,(H,17,18)/p-1/b7-5+,12-9+/t14-/m1/s1. The molecule has 0 heterocycles. The van der Waals surface area contributed by atoms with Gasteiger partial charge in [0.1, 0.15) is 0 Å². The van der Waals surface area contributed by atoms with Crippen molar-refractivity contribution in [3.63, 3.8) is 0 Å². The van der Waals surface area contributed by atoms with E-state index in [0.717, 1.165) is 6.42 Å². The van der Waals surface area contributed by atoms with E-state index >= 15 is 0 Å². The fraction of sp³-hybridized carbons (Fsp3) is 0.400. The van der Waals surface area contributed by atoms with Gasteiger partial charge in [0.2, 0.25) is 0 Å². The van der Waals surface area contributed by atoms with Crippen LogP contribution in [0.25, 0.3) is 0 Å². The van der Waals surface area contributed by atoms with E-state index in [1.165, 1.54) is 0 Å². The first-order chi connectivity index (χ1) is 8.66. The minimum Gasteiger partial charge on any atom is -0.550 e. The molecule has 0 aliphatic carbocycles. The van der Waals surface area contributed by atoms with Gasteiger partial charge in [0, 0.05) is 18.8 Å². The van der Waals surface area contributed by atoms with Gasteiger partial charge >= 0.3 is 0 Å². The molecule has 3 nitrogen and oxygen atoms in total. The molecule has 0 unspecified atom stereocenters. The summed E-state index contributed by atoms with van der Waals surface area (Å²) in [7, 11) is 0. The first-order valence-electron chi connectivity index (χ1n) is 5.80. The highest BCUT2D eigenvalue weighted by Gasteiger charge is 1.91. The third-order valence-electron chi connectivity index (χ3n) is 1.99. The van der Waals surface area contributed by atoms with Crippen molar-refractivity contribution in [2.75, 3.05) is 0 Å². The molecule has 0 saturated carbocycles. The summed E-state index contributed by atoms with van der Waals surface area (Å²) < 4.78 is 0. The van der Waals surface area contributed by atoms with Gasteiger partial charge in [-0.1, -0.05) is 30.1 Å². The van der Waals surface area contributed by atoms with Crippen LogP contribution in [0.3, 0.4) is 0 Å². The molecule has 18 heavy (non-hydrogen) atoms. The second-order valence-electron chi connectivity index (χ2n) is 3.62. The number of aliphatic hydroxyl groups excluding tert-OH is 1. The topological polar surface area (TPSA) is 60.4 Å². The fourth-order valence-electron chi connectivity index (χ4n) is 1.10. The highest BCUT2D eigenvalue weighted by Crippen LogP contribution is 1.97. The summed E-state index contributed by atoms with van der Waals surface area (Å²) in [6, 6.07) is 0. The van der Waals surface area contributed by atoms with Crippen LogP contribution in [0, 0.1) is 24.2 Å². The molecule has 0 amide bonds.